The lowest BCUT2D eigenvalue weighted by Gasteiger charge is -2.26. The smallest absolute Gasteiger partial charge is 0.322 e. The van der Waals surface area contributed by atoms with Crippen molar-refractivity contribution in [1.82, 2.24) is 10.2 Å². The van der Waals surface area contributed by atoms with Crippen molar-refractivity contribution >= 4 is 34.5 Å². The molecule has 0 saturated heterocycles. The van der Waals surface area contributed by atoms with Crippen molar-refractivity contribution in [1.29, 1.82) is 0 Å². The van der Waals surface area contributed by atoms with Gasteiger partial charge in [-0.3, -0.25) is 24.1 Å². The summed E-state index contributed by atoms with van der Waals surface area (Å²) in [6.07, 6.45) is 0. The van der Waals surface area contributed by atoms with Crippen LogP contribution in [0.1, 0.15) is 20.7 Å². The number of carboxylic acid groups (broad SMARTS) is 1. The van der Waals surface area contributed by atoms with E-state index in [9.17, 15) is 19.2 Å². The van der Waals surface area contributed by atoms with Crippen molar-refractivity contribution in [3.8, 4) is 0 Å². The van der Waals surface area contributed by atoms with E-state index in [1.54, 1.807) is 36.4 Å². The molecule has 0 aromatic heterocycles. The third-order valence-electron chi connectivity index (χ3n) is 3.59. The van der Waals surface area contributed by atoms with E-state index in [2.05, 4.69) is 5.32 Å². The van der Waals surface area contributed by atoms with Crippen LogP contribution < -0.4 is 5.32 Å². The minimum atomic E-state index is -1.20. The molecule has 0 aliphatic carbocycles. The molecule has 116 valence electrons. The molecule has 0 radical (unpaired) electrons. The van der Waals surface area contributed by atoms with Crippen LogP contribution in [0.15, 0.2) is 36.4 Å². The lowest BCUT2D eigenvalue weighted by molar-refractivity contribution is -0.137. The van der Waals surface area contributed by atoms with Gasteiger partial charge in [-0.15, -0.1) is 0 Å². The number of carbonyl (C=O) groups is 4. The minimum absolute atomic E-state index is 0.351. The van der Waals surface area contributed by atoms with Gasteiger partial charge in [0, 0.05) is 16.5 Å². The number of nitrogens with zero attached hydrogens (tertiary/aromatic N) is 1. The summed E-state index contributed by atoms with van der Waals surface area (Å²) in [5, 5.41) is 12.0. The average molecular weight is 312 g/mol. The van der Waals surface area contributed by atoms with Gasteiger partial charge in [0.25, 0.3) is 11.8 Å². The number of hydrogen-bond acceptors (Lipinski definition) is 4. The number of aliphatic carboxylic acids is 1. The van der Waals surface area contributed by atoms with Crippen molar-refractivity contribution in [3.05, 3.63) is 47.5 Å². The molecular formula is C16H12N2O5. The Bertz CT molecular complexity index is 808. The summed E-state index contributed by atoms with van der Waals surface area (Å²) in [6, 6.07) is 10.2. The molecule has 2 aromatic carbocycles. The maximum atomic E-state index is 12.5. The number of amides is 3. The summed E-state index contributed by atoms with van der Waals surface area (Å²) in [6.45, 7) is -1.09. The van der Waals surface area contributed by atoms with Gasteiger partial charge in [-0.1, -0.05) is 24.3 Å². The summed E-state index contributed by atoms with van der Waals surface area (Å²) >= 11 is 0. The van der Waals surface area contributed by atoms with E-state index >= 15 is 0 Å². The Morgan fingerprint density at radius 1 is 1.00 bits per heavy atom. The van der Waals surface area contributed by atoms with Crippen LogP contribution >= 0.6 is 0 Å². The van der Waals surface area contributed by atoms with Crippen molar-refractivity contribution < 1.29 is 24.3 Å². The van der Waals surface area contributed by atoms with E-state index in [-0.39, 0.29) is 0 Å². The first-order valence-corrected chi connectivity index (χ1v) is 6.85. The molecule has 0 unspecified atom stereocenters. The van der Waals surface area contributed by atoms with Gasteiger partial charge in [0.15, 0.2) is 0 Å². The number of imide groups is 1. The van der Waals surface area contributed by atoms with E-state index in [4.69, 9.17) is 5.11 Å². The quantitative estimate of drug-likeness (QED) is 0.806. The minimum Gasteiger partial charge on any atom is -0.480 e. The van der Waals surface area contributed by atoms with Gasteiger partial charge >= 0.3 is 5.97 Å². The maximum absolute atomic E-state index is 12.5. The van der Waals surface area contributed by atoms with E-state index in [0.29, 0.717) is 16.5 Å². The number of hydrogen-bond donors (Lipinski definition) is 2. The zero-order valence-corrected chi connectivity index (χ0v) is 11.9. The van der Waals surface area contributed by atoms with Crippen LogP contribution in [0.3, 0.4) is 0 Å². The Kier molecular flexibility index (Phi) is 3.53. The van der Waals surface area contributed by atoms with Gasteiger partial charge in [-0.05, 0) is 17.5 Å². The maximum Gasteiger partial charge on any atom is 0.322 e. The fraction of sp³-hybridized carbons (Fsp3) is 0.125. The number of benzene rings is 2. The highest BCUT2D eigenvalue weighted by molar-refractivity contribution is 6.26. The molecule has 7 heteroatoms. The van der Waals surface area contributed by atoms with Gasteiger partial charge in [0.1, 0.15) is 13.1 Å². The molecule has 0 spiro atoms. The van der Waals surface area contributed by atoms with E-state index in [0.717, 1.165) is 10.3 Å². The lowest BCUT2D eigenvalue weighted by Crippen LogP contribution is -2.46. The molecule has 1 aliphatic heterocycles. The van der Waals surface area contributed by atoms with Crippen LogP contribution in [0.2, 0.25) is 0 Å². The summed E-state index contributed by atoms with van der Waals surface area (Å²) in [5.74, 6) is -3.04. The fourth-order valence-corrected chi connectivity index (χ4v) is 2.60. The topological polar surface area (TPSA) is 104 Å². The Morgan fingerprint density at radius 2 is 1.57 bits per heavy atom. The van der Waals surface area contributed by atoms with Crippen LogP contribution in [0, 0.1) is 0 Å². The molecule has 0 atom stereocenters. The van der Waals surface area contributed by atoms with Crippen molar-refractivity contribution in [2.24, 2.45) is 0 Å². The highest BCUT2D eigenvalue weighted by Crippen LogP contribution is 2.29. The van der Waals surface area contributed by atoms with Crippen LogP contribution in [0.4, 0.5) is 0 Å². The van der Waals surface area contributed by atoms with Gasteiger partial charge in [-0.25, -0.2) is 0 Å². The molecule has 0 bridgehead atoms. The molecule has 0 saturated carbocycles. The summed E-state index contributed by atoms with van der Waals surface area (Å²) in [7, 11) is 0. The Hall–Kier alpha value is -3.22. The summed E-state index contributed by atoms with van der Waals surface area (Å²) < 4.78 is 0. The van der Waals surface area contributed by atoms with Gasteiger partial charge in [-0.2, -0.15) is 0 Å². The predicted molar refractivity (Wildman–Crippen MR) is 80.0 cm³/mol. The molecule has 2 N–H and O–H groups in total. The molecule has 2 aromatic rings. The highest BCUT2D eigenvalue weighted by atomic mass is 16.4. The largest absolute Gasteiger partial charge is 0.480 e. The first-order valence-electron chi connectivity index (χ1n) is 6.85. The van der Waals surface area contributed by atoms with E-state index in [1.807, 2.05) is 0 Å². The third kappa shape index (κ3) is 2.52. The van der Waals surface area contributed by atoms with Crippen LogP contribution in [-0.2, 0) is 9.59 Å². The second kappa shape index (κ2) is 5.53. The standard InChI is InChI=1S/C16H12N2O5/c19-12(17-7-13(20)21)8-18-15(22)10-5-1-3-9-4-2-6-11(14(9)10)16(18)23/h1-6H,7-8H2,(H,17,19)(H,20,21). The zero-order valence-electron chi connectivity index (χ0n) is 11.9. The van der Waals surface area contributed by atoms with E-state index in [1.165, 1.54) is 0 Å². The van der Waals surface area contributed by atoms with Gasteiger partial charge in [0.05, 0.1) is 0 Å². The molecule has 23 heavy (non-hydrogen) atoms. The van der Waals surface area contributed by atoms with Gasteiger partial charge in [0.2, 0.25) is 5.91 Å². The molecule has 1 heterocycles. The first kappa shape index (κ1) is 14.7. The summed E-state index contributed by atoms with van der Waals surface area (Å²) in [5.41, 5.74) is 0.701. The predicted octanol–water partition coefficient (Wildman–Crippen LogP) is 0.637. The molecule has 3 rings (SSSR count). The van der Waals surface area contributed by atoms with Crippen LogP contribution in [-0.4, -0.2) is 46.8 Å². The number of carbonyl (C=O) groups excluding carboxylic acids is 3. The fourth-order valence-electron chi connectivity index (χ4n) is 2.60. The average Bonchev–Trinajstić information content (AvgIpc) is 2.54. The number of carboxylic acids is 1. The lowest BCUT2D eigenvalue weighted by atomic mass is 9.94. The second-order valence-electron chi connectivity index (χ2n) is 5.08. The zero-order chi connectivity index (χ0) is 16.6. The Morgan fingerprint density at radius 3 is 2.09 bits per heavy atom. The van der Waals surface area contributed by atoms with Crippen LogP contribution in [0.25, 0.3) is 10.8 Å². The SMILES string of the molecule is O=C(O)CNC(=O)CN1C(=O)c2cccc3cccc(c23)C1=O. The Labute approximate surface area is 130 Å². The van der Waals surface area contributed by atoms with Crippen molar-refractivity contribution in [2.45, 2.75) is 0 Å². The molecule has 0 fully saturated rings. The number of rotatable bonds is 4. The highest BCUT2D eigenvalue weighted by Gasteiger charge is 2.33. The number of nitrogens with one attached hydrogen (secondary N) is 1. The molecular weight excluding hydrogens is 300 g/mol. The third-order valence-corrected chi connectivity index (χ3v) is 3.59. The van der Waals surface area contributed by atoms with Crippen molar-refractivity contribution in [2.75, 3.05) is 13.1 Å². The van der Waals surface area contributed by atoms with Gasteiger partial charge < -0.3 is 10.4 Å². The monoisotopic (exact) mass is 312 g/mol. The summed E-state index contributed by atoms with van der Waals surface area (Å²) in [4.78, 5) is 48.0. The normalized spacial score (nSPS) is 13.3. The second-order valence-corrected chi connectivity index (χ2v) is 5.08. The first-order chi connectivity index (χ1) is 11.0. The van der Waals surface area contributed by atoms with Crippen LogP contribution in [0.5, 0.6) is 0 Å². The van der Waals surface area contributed by atoms with E-state index < -0.39 is 36.8 Å². The molecule has 1 aliphatic rings. The molecule has 7 nitrogen and oxygen atoms in total. The Balaban J connectivity index is 1.94. The van der Waals surface area contributed by atoms with Crippen molar-refractivity contribution in [3.63, 3.8) is 0 Å². The molecule has 3 amide bonds.